The molecule has 0 radical (unpaired) electrons. The van der Waals surface area contributed by atoms with Gasteiger partial charge in [0.15, 0.2) is 0 Å². The number of nitro groups is 1. The molecular weight excluding hydrogens is 246 g/mol. The minimum absolute atomic E-state index is 0.0116. The van der Waals surface area contributed by atoms with E-state index in [0.29, 0.717) is 12.6 Å². The van der Waals surface area contributed by atoms with Gasteiger partial charge in [-0.3, -0.25) is 10.1 Å². The lowest BCUT2D eigenvalue weighted by atomic mass is 10.3. The Bertz CT molecular complexity index is 561. The maximum absolute atomic E-state index is 10.6. The van der Waals surface area contributed by atoms with Crippen LogP contribution in [0.5, 0.6) is 0 Å². The predicted molar refractivity (Wildman–Crippen MR) is 68.8 cm³/mol. The maximum Gasteiger partial charge on any atom is 0.287 e. The van der Waals surface area contributed by atoms with Gasteiger partial charge in [0.25, 0.3) is 5.69 Å². The van der Waals surface area contributed by atoms with Gasteiger partial charge in [0.1, 0.15) is 17.8 Å². The minimum atomic E-state index is -0.440. The highest BCUT2D eigenvalue weighted by Crippen LogP contribution is 2.32. The molecule has 0 N–H and O–H groups in total. The lowest BCUT2D eigenvalue weighted by molar-refractivity contribution is -0.385. The van der Waals surface area contributed by atoms with Gasteiger partial charge in [-0.1, -0.05) is 0 Å². The normalized spacial score (nSPS) is 14.3. The van der Waals surface area contributed by atoms with Gasteiger partial charge in [0, 0.05) is 12.1 Å². The number of anilines is 1. The van der Waals surface area contributed by atoms with Crippen molar-refractivity contribution in [2.75, 3.05) is 4.90 Å². The first-order valence-electron chi connectivity index (χ1n) is 6.13. The molecule has 19 heavy (non-hydrogen) atoms. The fraction of sp³-hybridized carbons (Fsp3) is 0.308. The second-order valence-corrected chi connectivity index (χ2v) is 4.57. The molecule has 2 aromatic rings. The lowest BCUT2D eigenvalue weighted by Crippen LogP contribution is -2.25. The Morgan fingerprint density at radius 1 is 1.42 bits per heavy atom. The molecule has 6 heteroatoms. The topological polar surface area (TPSA) is 72.4 Å². The summed E-state index contributed by atoms with van der Waals surface area (Å²) in [5, 5.41) is 10.6. The van der Waals surface area contributed by atoms with E-state index in [9.17, 15) is 10.1 Å². The Morgan fingerprint density at radius 2 is 2.26 bits per heavy atom. The first-order valence-corrected chi connectivity index (χ1v) is 6.13. The highest BCUT2D eigenvalue weighted by atomic mass is 16.6. The van der Waals surface area contributed by atoms with Crippen LogP contribution in [0.25, 0.3) is 0 Å². The molecule has 0 aliphatic heterocycles. The molecule has 2 aromatic heterocycles. The first kappa shape index (κ1) is 11.7. The highest BCUT2D eigenvalue weighted by molar-refractivity contribution is 5.45. The zero-order chi connectivity index (χ0) is 13.2. The van der Waals surface area contributed by atoms with Crippen LogP contribution in [-0.2, 0) is 6.54 Å². The monoisotopic (exact) mass is 259 g/mol. The van der Waals surface area contributed by atoms with Crippen LogP contribution in [0.2, 0.25) is 0 Å². The summed E-state index contributed by atoms with van der Waals surface area (Å²) in [6.07, 6.45) is 5.19. The Hall–Kier alpha value is -2.37. The molecule has 98 valence electrons. The van der Waals surface area contributed by atoms with Crippen LogP contribution >= 0.6 is 0 Å². The van der Waals surface area contributed by atoms with Crippen molar-refractivity contribution in [3.63, 3.8) is 0 Å². The molecule has 1 fully saturated rings. The molecule has 1 saturated carbocycles. The van der Waals surface area contributed by atoms with Crippen molar-refractivity contribution in [2.24, 2.45) is 0 Å². The second kappa shape index (κ2) is 4.72. The van der Waals surface area contributed by atoms with E-state index in [1.165, 1.54) is 12.3 Å². The number of pyridine rings is 1. The molecule has 0 saturated heterocycles. The van der Waals surface area contributed by atoms with Crippen LogP contribution in [0.3, 0.4) is 0 Å². The molecule has 0 unspecified atom stereocenters. The fourth-order valence-corrected chi connectivity index (χ4v) is 2.01. The van der Waals surface area contributed by atoms with E-state index in [0.717, 1.165) is 24.4 Å². The van der Waals surface area contributed by atoms with E-state index in [1.807, 2.05) is 12.1 Å². The van der Waals surface area contributed by atoms with Gasteiger partial charge in [-0.15, -0.1) is 0 Å². The maximum atomic E-state index is 10.6. The van der Waals surface area contributed by atoms with Crippen molar-refractivity contribution in [3.8, 4) is 0 Å². The summed E-state index contributed by atoms with van der Waals surface area (Å²) in [6, 6.07) is 7.41. The number of nitrogens with zero attached hydrogens (tertiary/aromatic N) is 3. The summed E-state index contributed by atoms with van der Waals surface area (Å²) < 4.78 is 5.35. The number of aromatic nitrogens is 1. The summed E-state index contributed by atoms with van der Waals surface area (Å²) in [4.78, 5) is 16.5. The summed E-state index contributed by atoms with van der Waals surface area (Å²) in [5.74, 6) is 1.62. The second-order valence-electron chi connectivity index (χ2n) is 4.57. The van der Waals surface area contributed by atoms with E-state index in [4.69, 9.17) is 4.42 Å². The standard InChI is InChI=1S/C13H13N3O3/c17-16(18)11-5-6-13(14-8-11)15(10-3-4-10)9-12-2-1-7-19-12/h1-2,5-8,10H,3-4,9H2. The summed E-state index contributed by atoms with van der Waals surface area (Å²) >= 11 is 0. The third-order valence-corrected chi connectivity index (χ3v) is 3.13. The van der Waals surface area contributed by atoms with E-state index < -0.39 is 4.92 Å². The number of hydrogen-bond donors (Lipinski definition) is 0. The van der Waals surface area contributed by atoms with Crippen LogP contribution in [-0.4, -0.2) is 15.9 Å². The molecule has 2 heterocycles. The van der Waals surface area contributed by atoms with E-state index >= 15 is 0 Å². The highest BCUT2D eigenvalue weighted by Gasteiger charge is 2.30. The SMILES string of the molecule is O=[N+]([O-])c1ccc(N(Cc2ccco2)C2CC2)nc1. The van der Waals surface area contributed by atoms with E-state index in [-0.39, 0.29) is 5.69 Å². The van der Waals surface area contributed by atoms with Crippen molar-refractivity contribution in [1.82, 2.24) is 4.98 Å². The Kier molecular flexibility index (Phi) is 2.91. The third-order valence-electron chi connectivity index (χ3n) is 3.13. The molecule has 0 aromatic carbocycles. The quantitative estimate of drug-likeness (QED) is 0.609. The average molecular weight is 259 g/mol. The largest absolute Gasteiger partial charge is 0.467 e. The molecule has 6 nitrogen and oxygen atoms in total. The molecule has 1 aliphatic carbocycles. The average Bonchev–Trinajstić information content (AvgIpc) is 3.13. The third kappa shape index (κ3) is 2.57. The Balaban J connectivity index is 1.81. The molecule has 0 amide bonds. The Morgan fingerprint density at radius 3 is 2.79 bits per heavy atom. The smallest absolute Gasteiger partial charge is 0.287 e. The number of hydrogen-bond acceptors (Lipinski definition) is 5. The van der Waals surface area contributed by atoms with Gasteiger partial charge in [0.2, 0.25) is 0 Å². The number of furan rings is 1. The molecule has 0 bridgehead atoms. The Labute approximate surface area is 109 Å². The van der Waals surface area contributed by atoms with Crippen LogP contribution in [0, 0.1) is 10.1 Å². The van der Waals surface area contributed by atoms with Gasteiger partial charge in [-0.2, -0.15) is 0 Å². The minimum Gasteiger partial charge on any atom is -0.467 e. The summed E-state index contributed by atoms with van der Waals surface area (Å²) in [7, 11) is 0. The van der Waals surface area contributed by atoms with Gasteiger partial charge in [-0.25, -0.2) is 4.98 Å². The van der Waals surface area contributed by atoms with E-state index in [2.05, 4.69) is 9.88 Å². The zero-order valence-electron chi connectivity index (χ0n) is 10.2. The van der Waals surface area contributed by atoms with Gasteiger partial charge in [0.05, 0.1) is 17.7 Å². The fourth-order valence-electron chi connectivity index (χ4n) is 2.01. The van der Waals surface area contributed by atoms with Gasteiger partial charge < -0.3 is 9.32 Å². The van der Waals surface area contributed by atoms with Crippen molar-refractivity contribution in [1.29, 1.82) is 0 Å². The van der Waals surface area contributed by atoms with Crippen molar-refractivity contribution >= 4 is 11.5 Å². The molecule has 1 aliphatic rings. The summed E-state index contributed by atoms with van der Waals surface area (Å²) in [6.45, 7) is 0.641. The molecule has 3 rings (SSSR count). The van der Waals surface area contributed by atoms with Crippen LogP contribution in [0.15, 0.2) is 41.1 Å². The van der Waals surface area contributed by atoms with Gasteiger partial charge >= 0.3 is 0 Å². The van der Waals surface area contributed by atoms with Crippen LogP contribution in [0.1, 0.15) is 18.6 Å². The lowest BCUT2D eigenvalue weighted by Gasteiger charge is -2.22. The van der Waals surface area contributed by atoms with Crippen LogP contribution < -0.4 is 4.90 Å². The van der Waals surface area contributed by atoms with Gasteiger partial charge in [-0.05, 0) is 31.0 Å². The molecule has 0 atom stereocenters. The summed E-state index contributed by atoms with van der Waals surface area (Å²) in [5.41, 5.74) is 0.0116. The first-order chi connectivity index (χ1) is 9.24. The van der Waals surface area contributed by atoms with E-state index in [1.54, 1.807) is 12.3 Å². The van der Waals surface area contributed by atoms with Crippen LogP contribution in [0.4, 0.5) is 11.5 Å². The number of rotatable bonds is 5. The molecular formula is C13H13N3O3. The molecule has 0 spiro atoms. The van der Waals surface area contributed by atoms with Crippen molar-refractivity contribution in [2.45, 2.75) is 25.4 Å². The zero-order valence-corrected chi connectivity index (χ0v) is 10.2. The van der Waals surface area contributed by atoms with Crippen molar-refractivity contribution in [3.05, 3.63) is 52.6 Å². The van der Waals surface area contributed by atoms with Crippen molar-refractivity contribution < 1.29 is 9.34 Å². The predicted octanol–water partition coefficient (Wildman–Crippen LogP) is 2.75.